The summed E-state index contributed by atoms with van der Waals surface area (Å²) >= 11 is 6.35. The van der Waals surface area contributed by atoms with Gasteiger partial charge in [0, 0.05) is 39.3 Å². The topological polar surface area (TPSA) is 41.1 Å². The lowest BCUT2D eigenvalue weighted by atomic mass is 10.0. The summed E-state index contributed by atoms with van der Waals surface area (Å²) in [6.45, 7) is 8.55. The van der Waals surface area contributed by atoms with Gasteiger partial charge < -0.3 is 5.32 Å². The minimum Gasteiger partial charge on any atom is -0.341 e. The monoisotopic (exact) mass is 396 g/mol. The van der Waals surface area contributed by atoms with Gasteiger partial charge in [-0.2, -0.15) is 0 Å². The van der Waals surface area contributed by atoms with Crippen LogP contribution in [0.3, 0.4) is 0 Å². The number of nitrogens with zero attached hydrogens (tertiary/aromatic N) is 3. The molecule has 5 heteroatoms. The summed E-state index contributed by atoms with van der Waals surface area (Å²) in [7, 11) is 0. The van der Waals surface area contributed by atoms with Crippen molar-refractivity contribution in [2.24, 2.45) is 0 Å². The van der Waals surface area contributed by atoms with E-state index < -0.39 is 0 Å². The van der Waals surface area contributed by atoms with Crippen molar-refractivity contribution in [1.29, 1.82) is 0 Å². The zero-order valence-electron chi connectivity index (χ0n) is 15.6. The van der Waals surface area contributed by atoms with E-state index in [9.17, 15) is 0 Å². The molecule has 0 saturated carbocycles. The van der Waals surface area contributed by atoms with Crippen molar-refractivity contribution >= 4 is 39.4 Å². The second-order valence-corrected chi connectivity index (χ2v) is 7.24. The molecule has 0 fully saturated rings. The van der Waals surface area contributed by atoms with E-state index in [2.05, 4.69) is 34.5 Å². The summed E-state index contributed by atoms with van der Waals surface area (Å²) in [6.07, 6.45) is 5.51. The fourth-order valence-electron chi connectivity index (χ4n) is 3.67. The smallest absolute Gasteiger partial charge is 0.108 e. The number of pyridine rings is 2. The maximum absolute atomic E-state index is 6.35. The van der Waals surface area contributed by atoms with Gasteiger partial charge in [0.15, 0.2) is 0 Å². The molecule has 0 radical (unpaired) electrons. The van der Waals surface area contributed by atoms with Gasteiger partial charge in [-0.05, 0) is 12.1 Å². The Morgan fingerprint density at radius 2 is 1.69 bits per heavy atom. The minimum absolute atomic E-state index is 0.664. The largest absolute Gasteiger partial charge is 0.341 e. The number of rotatable bonds is 2. The maximum atomic E-state index is 6.35. The van der Waals surface area contributed by atoms with Crippen LogP contribution < -0.4 is 10.2 Å². The average Bonchev–Trinajstić information content (AvgIpc) is 2.74. The van der Waals surface area contributed by atoms with Crippen LogP contribution in [0.5, 0.6) is 0 Å². The van der Waals surface area contributed by atoms with Crippen molar-refractivity contribution in [3.63, 3.8) is 0 Å². The highest BCUT2D eigenvalue weighted by Crippen LogP contribution is 2.41. The molecular formula is C24H17ClN4. The van der Waals surface area contributed by atoms with Crippen LogP contribution in [-0.2, 0) is 0 Å². The van der Waals surface area contributed by atoms with Gasteiger partial charge in [0.2, 0.25) is 0 Å². The van der Waals surface area contributed by atoms with Crippen molar-refractivity contribution in [1.82, 2.24) is 9.97 Å². The normalized spacial score (nSPS) is 13.3. The molecule has 0 aliphatic carbocycles. The fraction of sp³-hybridized carbons (Fsp3) is 0. The van der Waals surface area contributed by atoms with Gasteiger partial charge in [0.1, 0.15) is 5.82 Å². The lowest BCUT2D eigenvalue weighted by molar-refractivity contribution is 1.13. The Morgan fingerprint density at radius 1 is 0.897 bits per heavy atom. The molecule has 0 spiro atoms. The average molecular weight is 397 g/mol. The van der Waals surface area contributed by atoms with Gasteiger partial charge in [0.25, 0.3) is 0 Å². The summed E-state index contributed by atoms with van der Waals surface area (Å²) in [5.41, 5.74) is 5.19. The Morgan fingerprint density at radius 3 is 2.55 bits per heavy atom. The second kappa shape index (κ2) is 6.76. The predicted molar refractivity (Wildman–Crippen MR) is 121 cm³/mol. The van der Waals surface area contributed by atoms with Crippen molar-refractivity contribution < 1.29 is 0 Å². The number of benzene rings is 2. The van der Waals surface area contributed by atoms with Gasteiger partial charge in [-0.3, -0.25) is 14.9 Å². The van der Waals surface area contributed by atoms with Crippen LogP contribution in [0.1, 0.15) is 5.56 Å². The third-order valence-electron chi connectivity index (χ3n) is 5.07. The number of nitrogens with one attached hydrogen (secondary N) is 1. The van der Waals surface area contributed by atoms with Crippen molar-refractivity contribution in [2.75, 3.05) is 10.2 Å². The van der Waals surface area contributed by atoms with Gasteiger partial charge in [-0.15, -0.1) is 0 Å². The Labute approximate surface area is 173 Å². The van der Waals surface area contributed by atoms with Gasteiger partial charge in [-0.1, -0.05) is 67.2 Å². The highest BCUT2D eigenvalue weighted by Gasteiger charge is 2.26. The molecule has 4 aromatic rings. The van der Waals surface area contributed by atoms with E-state index >= 15 is 0 Å². The Bertz CT molecular complexity index is 1290. The minimum atomic E-state index is 0.664. The zero-order valence-corrected chi connectivity index (χ0v) is 16.3. The highest BCUT2D eigenvalue weighted by atomic mass is 35.5. The highest BCUT2D eigenvalue weighted by molar-refractivity contribution is 6.33. The standard InChI is InChI=1S/C24H17ClN4/c1-15-20-13-27-22(19-9-5-6-10-21(19)25)11-23(20)28-16(2)29(15)24-14-26-12-17-7-3-4-8-18(17)24/h3-14,28H,1-2H2. The first-order chi connectivity index (χ1) is 14.1. The molecule has 29 heavy (non-hydrogen) atoms. The molecule has 0 amide bonds. The third-order valence-corrected chi connectivity index (χ3v) is 5.40. The molecule has 1 N–H and O–H groups in total. The lowest BCUT2D eigenvalue weighted by Gasteiger charge is -2.35. The molecule has 0 unspecified atom stereocenters. The van der Waals surface area contributed by atoms with Gasteiger partial charge in [-0.25, -0.2) is 0 Å². The van der Waals surface area contributed by atoms with Crippen LogP contribution in [0, 0.1) is 0 Å². The Hall–Kier alpha value is -3.63. The maximum Gasteiger partial charge on any atom is 0.108 e. The van der Waals surface area contributed by atoms with Crippen LogP contribution in [0.25, 0.3) is 27.7 Å². The summed E-state index contributed by atoms with van der Waals surface area (Å²) in [5, 5.41) is 6.19. The first-order valence-corrected chi connectivity index (χ1v) is 9.54. The molecule has 1 aliphatic heterocycles. The number of hydrogen-bond acceptors (Lipinski definition) is 4. The van der Waals surface area contributed by atoms with Crippen molar-refractivity contribution in [2.45, 2.75) is 0 Å². The number of fused-ring (bicyclic) bond motifs is 2. The van der Waals surface area contributed by atoms with Gasteiger partial charge >= 0.3 is 0 Å². The van der Waals surface area contributed by atoms with Gasteiger partial charge in [0.05, 0.1) is 29.0 Å². The van der Waals surface area contributed by atoms with E-state index in [1.807, 2.05) is 72.0 Å². The zero-order chi connectivity index (χ0) is 20.0. The Kier molecular flexibility index (Phi) is 4.07. The summed E-state index contributed by atoms with van der Waals surface area (Å²) in [5.74, 6) is 0.706. The van der Waals surface area contributed by atoms with Crippen LogP contribution in [0.2, 0.25) is 5.02 Å². The van der Waals surface area contributed by atoms with Crippen LogP contribution >= 0.6 is 11.6 Å². The molecule has 2 aromatic heterocycles. The molecule has 0 saturated heterocycles. The molecule has 4 nitrogen and oxygen atoms in total. The molecule has 5 rings (SSSR count). The summed E-state index contributed by atoms with van der Waals surface area (Å²) in [4.78, 5) is 11.0. The van der Waals surface area contributed by atoms with Crippen LogP contribution in [-0.4, -0.2) is 9.97 Å². The SMILES string of the molecule is C=C1Nc2cc(-c3ccccc3Cl)ncc2C(=C)N1c1cncc2ccccc12. The summed E-state index contributed by atoms with van der Waals surface area (Å²) < 4.78 is 0. The molecule has 3 heterocycles. The van der Waals surface area contributed by atoms with E-state index in [4.69, 9.17) is 11.6 Å². The van der Waals surface area contributed by atoms with E-state index in [0.29, 0.717) is 10.8 Å². The van der Waals surface area contributed by atoms with E-state index in [1.165, 1.54) is 0 Å². The number of anilines is 2. The third kappa shape index (κ3) is 2.85. The summed E-state index contributed by atoms with van der Waals surface area (Å²) in [6, 6.07) is 17.8. The fourth-order valence-corrected chi connectivity index (χ4v) is 3.90. The number of halogens is 1. The van der Waals surface area contributed by atoms with E-state index in [0.717, 1.165) is 44.7 Å². The molecule has 0 bridgehead atoms. The molecule has 0 atom stereocenters. The first-order valence-electron chi connectivity index (χ1n) is 9.16. The molecular weight excluding hydrogens is 380 g/mol. The second-order valence-electron chi connectivity index (χ2n) is 6.83. The van der Waals surface area contributed by atoms with Crippen molar-refractivity contribution in [3.05, 3.63) is 103 Å². The molecule has 1 aliphatic rings. The number of aromatic nitrogens is 2. The van der Waals surface area contributed by atoms with Crippen molar-refractivity contribution in [3.8, 4) is 11.3 Å². The van der Waals surface area contributed by atoms with Crippen LogP contribution in [0.4, 0.5) is 11.4 Å². The van der Waals surface area contributed by atoms with E-state index in [-0.39, 0.29) is 0 Å². The van der Waals surface area contributed by atoms with Crippen LogP contribution in [0.15, 0.2) is 92.2 Å². The Balaban J connectivity index is 1.60. The first kappa shape index (κ1) is 17.5. The molecule has 140 valence electrons. The molecule has 2 aromatic carbocycles. The predicted octanol–water partition coefficient (Wildman–Crippen LogP) is 6.32. The quantitative estimate of drug-likeness (QED) is 0.430. The lowest BCUT2D eigenvalue weighted by Crippen LogP contribution is -2.29. The number of hydrogen-bond donors (Lipinski definition) is 1. The van der Waals surface area contributed by atoms with E-state index in [1.54, 1.807) is 0 Å².